The Morgan fingerprint density at radius 1 is 1.30 bits per heavy atom. The Morgan fingerprint density at radius 2 is 1.96 bits per heavy atom. The monoisotopic (exact) mass is 320 g/mol. The summed E-state index contributed by atoms with van der Waals surface area (Å²) < 4.78 is 4.96. The summed E-state index contributed by atoms with van der Waals surface area (Å²) >= 11 is 0. The number of hydrogen-bond acceptors (Lipinski definition) is 5. The molecule has 0 saturated heterocycles. The molecule has 1 aromatic rings. The Bertz CT molecular complexity index is 559. The van der Waals surface area contributed by atoms with Gasteiger partial charge in [-0.1, -0.05) is 43.0 Å². The minimum Gasteiger partial charge on any atom is -0.480 e. The number of rotatable bonds is 9. The molecule has 0 aliphatic rings. The molecule has 2 atom stereocenters. The second kappa shape index (κ2) is 9.37. The third-order valence-electron chi connectivity index (χ3n) is 2.97. The van der Waals surface area contributed by atoms with Crippen LogP contribution in [-0.4, -0.2) is 41.6 Å². The van der Waals surface area contributed by atoms with Crippen molar-refractivity contribution in [2.45, 2.75) is 24.9 Å². The molecule has 0 aliphatic carbocycles. The molecule has 0 heterocycles. The van der Waals surface area contributed by atoms with E-state index >= 15 is 0 Å². The van der Waals surface area contributed by atoms with Gasteiger partial charge in [0, 0.05) is 6.42 Å². The second-order valence-corrected chi connectivity index (χ2v) is 4.88. The van der Waals surface area contributed by atoms with Crippen molar-refractivity contribution in [3.05, 3.63) is 48.6 Å². The van der Waals surface area contributed by atoms with Gasteiger partial charge >= 0.3 is 11.9 Å². The first-order chi connectivity index (χ1) is 10.9. The summed E-state index contributed by atoms with van der Waals surface area (Å²) in [6, 6.07) is 6.82. The molecule has 0 fully saturated rings. The molecule has 1 rings (SSSR count). The number of carboxylic acids is 1. The zero-order valence-electron chi connectivity index (χ0n) is 12.6. The largest absolute Gasteiger partial charge is 0.480 e. The van der Waals surface area contributed by atoms with Gasteiger partial charge in [0.05, 0.1) is 6.42 Å². The SMILES string of the molecule is C=CCOC(=O)[C@H](Cc1ccccc1)NC(=O)C[C@H](N)C(=O)O. The van der Waals surface area contributed by atoms with Crippen molar-refractivity contribution in [1.82, 2.24) is 5.32 Å². The number of benzene rings is 1. The summed E-state index contributed by atoms with van der Waals surface area (Å²) in [5.74, 6) is -2.53. The highest BCUT2D eigenvalue weighted by Crippen LogP contribution is 2.05. The van der Waals surface area contributed by atoms with Gasteiger partial charge in [-0.15, -0.1) is 0 Å². The molecule has 4 N–H and O–H groups in total. The third kappa shape index (κ3) is 6.75. The molecule has 1 aromatic carbocycles. The number of hydrogen-bond donors (Lipinski definition) is 3. The van der Waals surface area contributed by atoms with Gasteiger partial charge < -0.3 is 20.9 Å². The van der Waals surface area contributed by atoms with Crippen molar-refractivity contribution in [3.63, 3.8) is 0 Å². The van der Waals surface area contributed by atoms with E-state index in [-0.39, 0.29) is 13.0 Å². The maximum Gasteiger partial charge on any atom is 0.329 e. The molecule has 0 unspecified atom stereocenters. The molecule has 0 radical (unpaired) electrons. The van der Waals surface area contributed by atoms with Crippen LogP contribution in [-0.2, 0) is 25.5 Å². The summed E-state index contributed by atoms with van der Waals surface area (Å²) in [6.45, 7) is 3.47. The molecular formula is C16H20N2O5. The highest BCUT2D eigenvalue weighted by Gasteiger charge is 2.24. The smallest absolute Gasteiger partial charge is 0.329 e. The number of carboxylic acid groups (broad SMARTS) is 1. The van der Waals surface area contributed by atoms with Gasteiger partial charge in [-0.25, -0.2) is 4.79 Å². The fraction of sp³-hybridized carbons (Fsp3) is 0.312. The maximum absolute atomic E-state index is 12.0. The van der Waals surface area contributed by atoms with E-state index < -0.39 is 36.4 Å². The first kappa shape index (κ1) is 18.4. The van der Waals surface area contributed by atoms with E-state index in [1.54, 1.807) is 0 Å². The predicted molar refractivity (Wildman–Crippen MR) is 83.5 cm³/mol. The van der Waals surface area contributed by atoms with Gasteiger partial charge in [-0.05, 0) is 5.56 Å². The van der Waals surface area contributed by atoms with Crippen LogP contribution in [0.25, 0.3) is 0 Å². The standard InChI is InChI=1S/C16H20N2O5/c1-2-8-23-16(22)13(9-11-6-4-3-5-7-11)18-14(19)10-12(17)15(20)21/h2-7,12-13H,1,8-10,17H2,(H,18,19)(H,20,21)/t12-,13-/m0/s1. The van der Waals surface area contributed by atoms with Gasteiger partial charge in [0.1, 0.15) is 18.7 Å². The Labute approximate surface area is 134 Å². The van der Waals surface area contributed by atoms with Gasteiger partial charge in [-0.2, -0.15) is 0 Å². The zero-order chi connectivity index (χ0) is 17.2. The summed E-state index contributed by atoms with van der Waals surface area (Å²) in [5, 5.41) is 11.2. The van der Waals surface area contributed by atoms with E-state index in [9.17, 15) is 14.4 Å². The first-order valence-corrected chi connectivity index (χ1v) is 7.03. The highest BCUT2D eigenvalue weighted by molar-refractivity contribution is 5.88. The summed E-state index contributed by atoms with van der Waals surface area (Å²) in [6.07, 6.45) is 1.22. The van der Waals surface area contributed by atoms with Crippen LogP contribution >= 0.6 is 0 Å². The molecule has 0 spiro atoms. The fourth-order valence-electron chi connectivity index (χ4n) is 1.83. The lowest BCUT2D eigenvalue weighted by atomic mass is 10.1. The highest BCUT2D eigenvalue weighted by atomic mass is 16.5. The Morgan fingerprint density at radius 3 is 2.52 bits per heavy atom. The molecule has 7 nitrogen and oxygen atoms in total. The van der Waals surface area contributed by atoms with E-state index in [2.05, 4.69) is 11.9 Å². The number of ether oxygens (including phenoxy) is 1. The summed E-state index contributed by atoms with van der Waals surface area (Å²) in [7, 11) is 0. The maximum atomic E-state index is 12.0. The lowest BCUT2D eigenvalue weighted by molar-refractivity contribution is -0.147. The van der Waals surface area contributed by atoms with Crippen molar-refractivity contribution in [3.8, 4) is 0 Å². The zero-order valence-corrected chi connectivity index (χ0v) is 12.6. The van der Waals surface area contributed by atoms with Crippen LogP contribution < -0.4 is 11.1 Å². The molecule has 0 bridgehead atoms. The molecule has 124 valence electrons. The Kier molecular flexibility index (Phi) is 7.49. The number of carbonyl (C=O) groups excluding carboxylic acids is 2. The normalized spacial score (nSPS) is 12.7. The van der Waals surface area contributed by atoms with E-state index in [4.69, 9.17) is 15.6 Å². The topological polar surface area (TPSA) is 119 Å². The van der Waals surface area contributed by atoms with Crippen LogP contribution in [0.1, 0.15) is 12.0 Å². The molecular weight excluding hydrogens is 300 g/mol. The molecule has 7 heteroatoms. The van der Waals surface area contributed by atoms with Crippen molar-refractivity contribution in [1.29, 1.82) is 0 Å². The number of nitrogens with two attached hydrogens (primary N) is 1. The van der Waals surface area contributed by atoms with Gasteiger partial charge in [-0.3, -0.25) is 9.59 Å². The quantitative estimate of drug-likeness (QED) is 0.443. The van der Waals surface area contributed by atoms with E-state index in [1.165, 1.54) is 6.08 Å². The van der Waals surface area contributed by atoms with Gasteiger partial charge in [0.15, 0.2) is 0 Å². The number of carbonyl (C=O) groups is 3. The average molecular weight is 320 g/mol. The van der Waals surface area contributed by atoms with Crippen molar-refractivity contribution in [2.75, 3.05) is 6.61 Å². The average Bonchev–Trinajstić information content (AvgIpc) is 2.52. The molecule has 0 aliphatic heterocycles. The number of aliphatic carboxylic acids is 1. The fourth-order valence-corrected chi connectivity index (χ4v) is 1.83. The third-order valence-corrected chi connectivity index (χ3v) is 2.97. The number of nitrogens with one attached hydrogen (secondary N) is 1. The lowest BCUT2D eigenvalue weighted by Crippen LogP contribution is -2.46. The predicted octanol–water partition coefficient (Wildman–Crippen LogP) is 0.245. The van der Waals surface area contributed by atoms with Gasteiger partial charge in [0.25, 0.3) is 0 Å². The van der Waals surface area contributed by atoms with Crippen LogP contribution in [0.15, 0.2) is 43.0 Å². The van der Waals surface area contributed by atoms with Crippen LogP contribution in [0.2, 0.25) is 0 Å². The first-order valence-electron chi connectivity index (χ1n) is 7.03. The summed E-state index contributed by atoms with van der Waals surface area (Å²) in [5.41, 5.74) is 6.14. The lowest BCUT2D eigenvalue weighted by Gasteiger charge is -2.18. The van der Waals surface area contributed by atoms with Crippen LogP contribution in [0.3, 0.4) is 0 Å². The van der Waals surface area contributed by atoms with E-state index in [0.29, 0.717) is 0 Å². The molecule has 0 aromatic heterocycles. The van der Waals surface area contributed by atoms with Crippen molar-refractivity contribution >= 4 is 17.8 Å². The molecule has 1 amide bonds. The second-order valence-electron chi connectivity index (χ2n) is 4.88. The summed E-state index contributed by atoms with van der Waals surface area (Å²) in [4.78, 5) is 34.6. The van der Waals surface area contributed by atoms with E-state index in [0.717, 1.165) is 5.56 Å². The number of esters is 1. The molecule has 23 heavy (non-hydrogen) atoms. The van der Waals surface area contributed by atoms with Gasteiger partial charge in [0.2, 0.25) is 5.91 Å². The van der Waals surface area contributed by atoms with Crippen LogP contribution in [0.4, 0.5) is 0 Å². The Hall–Kier alpha value is -2.67. The minimum atomic E-state index is -1.32. The number of amides is 1. The van der Waals surface area contributed by atoms with Crippen molar-refractivity contribution in [2.24, 2.45) is 5.73 Å². The molecule has 0 saturated carbocycles. The van der Waals surface area contributed by atoms with Crippen LogP contribution in [0, 0.1) is 0 Å². The minimum absolute atomic E-state index is 0.0225. The van der Waals surface area contributed by atoms with Crippen molar-refractivity contribution < 1.29 is 24.2 Å². The van der Waals surface area contributed by atoms with Crippen LogP contribution in [0.5, 0.6) is 0 Å². The Balaban J connectivity index is 2.74. The van der Waals surface area contributed by atoms with E-state index in [1.807, 2.05) is 30.3 Å².